The highest BCUT2D eigenvalue weighted by molar-refractivity contribution is 6.31. The van der Waals surface area contributed by atoms with Crippen LogP contribution in [-0.4, -0.2) is 16.9 Å². The second kappa shape index (κ2) is 6.71. The Kier molecular flexibility index (Phi) is 4.48. The Morgan fingerprint density at radius 1 is 1.17 bits per heavy atom. The van der Waals surface area contributed by atoms with Crippen LogP contribution < -0.4 is 10.5 Å². The number of nitrogens with zero attached hydrogens (tertiary/aromatic N) is 2. The second-order valence-electron chi connectivity index (χ2n) is 5.04. The van der Waals surface area contributed by atoms with Crippen LogP contribution >= 0.6 is 11.6 Å². The highest BCUT2D eigenvalue weighted by Gasteiger charge is 2.11. The Hall–Kier alpha value is -2.53. The molecular weight excluding hydrogens is 316 g/mol. The largest absolute Gasteiger partial charge is 0.497 e. The molecule has 0 aliphatic heterocycles. The maximum absolute atomic E-state index is 11.9. The first-order valence-corrected chi connectivity index (χ1v) is 7.46. The summed E-state index contributed by atoms with van der Waals surface area (Å²) in [6, 6.07) is 14.9. The molecule has 1 aromatic heterocycles. The van der Waals surface area contributed by atoms with Crippen LogP contribution in [0.3, 0.4) is 0 Å². The van der Waals surface area contributed by atoms with Gasteiger partial charge < -0.3 is 9.15 Å². The topological polar surface area (TPSA) is 57.3 Å². The number of halogens is 1. The van der Waals surface area contributed by atoms with Crippen molar-refractivity contribution in [2.45, 2.75) is 13.0 Å². The minimum atomic E-state index is -0.483. The van der Waals surface area contributed by atoms with E-state index in [1.165, 1.54) is 4.68 Å². The van der Waals surface area contributed by atoms with Crippen molar-refractivity contribution >= 4 is 11.6 Å². The van der Waals surface area contributed by atoms with Gasteiger partial charge in [0.15, 0.2) is 0 Å². The lowest BCUT2D eigenvalue weighted by Crippen LogP contribution is -2.16. The molecule has 23 heavy (non-hydrogen) atoms. The van der Waals surface area contributed by atoms with E-state index >= 15 is 0 Å². The standard InChI is InChI=1S/C17H15ClN2O3/c1-22-14-8-6-12(7-9-14)11-20-17(21)23-16(19-20)10-13-4-2-3-5-15(13)18/h2-9H,10-11H2,1H3. The first-order chi connectivity index (χ1) is 11.2. The molecule has 0 N–H and O–H groups in total. The number of hydrogen-bond acceptors (Lipinski definition) is 4. The summed E-state index contributed by atoms with van der Waals surface area (Å²) in [6.45, 7) is 0.342. The highest BCUT2D eigenvalue weighted by Crippen LogP contribution is 2.17. The van der Waals surface area contributed by atoms with Crippen molar-refractivity contribution in [2.75, 3.05) is 7.11 Å². The van der Waals surface area contributed by atoms with Crippen LogP contribution in [0.5, 0.6) is 5.75 Å². The lowest BCUT2D eigenvalue weighted by atomic mass is 10.1. The zero-order valence-electron chi connectivity index (χ0n) is 12.5. The maximum Gasteiger partial charge on any atom is 0.437 e. The third kappa shape index (κ3) is 3.63. The van der Waals surface area contributed by atoms with Gasteiger partial charge in [-0.15, -0.1) is 5.10 Å². The molecule has 0 spiro atoms. The molecule has 118 valence electrons. The van der Waals surface area contributed by atoms with Gasteiger partial charge in [0.2, 0.25) is 5.89 Å². The molecular formula is C17H15ClN2O3. The summed E-state index contributed by atoms with van der Waals surface area (Å²) in [6.07, 6.45) is 0.379. The van der Waals surface area contributed by atoms with Gasteiger partial charge in [-0.2, -0.15) is 4.68 Å². The van der Waals surface area contributed by atoms with E-state index in [1.54, 1.807) is 13.2 Å². The number of ether oxygens (including phenoxy) is 1. The molecule has 3 rings (SSSR count). The van der Waals surface area contributed by atoms with Crippen molar-refractivity contribution in [1.82, 2.24) is 9.78 Å². The van der Waals surface area contributed by atoms with Gasteiger partial charge in [0.1, 0.15) is 5.75 Å². The van der Waals surface area contributed by atoms with E-state index in [1.807, 2.05) is 42.5 Å². The van der Waals surface area contributed by atoms with E-state index in [-0.39, 0.29) is 0 Å². The smallest absolute Gasteiger partial charge is 0.437 e. The van der Waals surface area contributed by atoms with Crippen LogP contribution in [-0.2, 0) is 13.0 Å². The van der Waals surface area contributed by atoms with Crippen molar-refractivity contribution in [3.05, 3.63) is 81.1 Å². The zero-order chi connectivity index (χ0) is 16.2. The molecule has 1 heterocycles. The molecule has 0 radical (unpaired) electrons. The molecule has 0 bridgehead atoms. The molecule has 0 aliphatic rings. The lowest BCUT2D eigenvalue weighted by molar-refractivity contribution is 0.414. The normalized spacial score (nSPS) is 10.7. The van der Waals surface area contributed by atoms with Crippen molar-refractivity contribution < 1.29 is 9.15 Å². The molecule has 0 amide bonds. The zero-order valence-corrected chi connectivity index (χ0v) is 13.3. The summed E-state index contributed by atoms with van der Waals surface area (Å²) < 4.78 is 11.6. The summed E-state index contributed by atoms with van der Waals surface area (Å²) >= 11 is 6.11. The van der Waals surface area contributed by atoms with Gasteiger partial charge in [-0.25, -0.2) is 4.79 Å². The Labute approximate surface area is 138 Å². The van der Waals surface area contributed by atoms with Crippen LogP contribution in [0.4, 0.5) is 0 Å². The Bertz CT molecular complexity index is 853. The maximum atomic E-state index is 11.9. The average Bonchev–Trinajstić information content (AvgIpc) is 2.90. The predicted molar refractivity (Wildman–Crippen MR) is 87.1 cm³/mol. The van der Waals surface area contributed by atoms with Crippen LogP contribution in [0, 0.1) is 0 Å². The van der Waals surface area contributed by atoms with E-state index in [0.29, 0.717) is 23.9 Å². The molecule has 0 aliphatic carbocycles. The van der Waals surface area contributed by atoms with Gasteiger partial charge in [-0.1, -0.05) is 41.9 Å². The third-order valence-electron chi connectivity index (χ3n) is 3.44. The van der Waals surface area contributed by atoms with Crippen molar-refractivity contribution in [3.63, 3.8) is 0 Å². The van der Waals surface area contributed by atoms with Gasteiger partial charge in [-0.05, 0) is 29.3 Å². The summed E-state index contributed by atoms with van der Waals surface area (Å²) in [5.74, 6) is 0.625. The predicted octanol–water partition coefficient (Wildman–Crippen LogP) is 3.14. The van der Waals surface area contributed by atoms with E-state index < -0.39 is 5.76 Å². The molecule has 0 saturated heterocycles. The van der Waals surface area contributed by atoms with E-state index in [0.717, 1.165) is 16.9 Å². The molecule has 0 unspecified atom stereocenters. The van der Waals surface area contributed by atoms with E-state index in [4.69, 9.17) is 20.8 Å². The minimum absolute atomic E-state index is 0.342. The SMILES string of the molecule is COc1ccc(Cn2nc(Cc3ccccc3Cl)oc2=O)cc1. The van der Waals surface area contributed by atoms with Crippen LogP contribution in [0.2, 0.25) is 5.02 Å². The Balaban J connectivity index is 1.78. The van der Waals surface area contributed by atoms with Crippen molar-refractivity contribution in [1.29, 1.82) is 0 Å². The Morgan fingerprint density at radius 3 is 2.61 bits per heavy atom. The van der Waals surface area contributed by atoms with Gasteiger partial charge in [-0.3, -0.25) is 0 Å². The van der Waals surface area contributed by atoms with E-state index in [9.17, 15) is 4.79 Å². The summed E-state index contributed by atoms with van der Waals surface area (Å²) in [5, 5.41) is 4.86. The van der Waals surface area contributed by atoms with E-state index in [2.05, 4.69) is 5.10 Å². The fourth-order valence-corrected chi connectivity index (χ4v) is 2.43. The van der Waals surface area contributed by atoms with Crippen molar-refractivity contribution in [2.24, 2.45) is 0 Å². The molecule has 0 fully saturated rings. The monoisotopic (exact) mass is 330 g/mol. The van der Waals surface area contributed by atoms with Gasteiger partial charge in [0.05, 0.1) is 20.1 Å². The average molecular weight is 331 g/mol. The van der Waals surface area contributed by atoms with Crippen LogP contribution in [0.15, 0.2) is 57.7 Å². The molecule has 2 aromatic carbocycles. The summed E-state index contributed by atoms with van der Waals surface area (Å²) in [4.78, 5) is 11.9. The quantitative estimate of drug-likeness (QED) is 0.721. The summed E-state index contributed by atoms with van der Waals surface area (Å²) in [7, 11) is 1.61. The second-order valence-corrected chi connectivity index (χ2v) is 5.44. The molecule has 6 heteroatoms. The van der Waals surface area contributed by atoms with Gasteiger partial charge in [0, 0.05) is 5.02 Å². The minimum Gasteiger partial charge on any atom is -0.497 e. The van der Waals surface area contributed by atoms with Crippen LogP contribution in [0.25, 0.3) is 0 Å². The number of hydrogen-bond donors (Lipinski definition) is 0. The molecule has 5 nitrogen and oxygen atoms in total. The number of methoxy groups -OCH3 is 1. The number of aromatic nitrogens is 2. The Morgan fingerprint density at radius 2 is 1.91 bits per heavy atom. The number of benzene rings is 2. The van der Waals surface area contributed by atoms with Crippen molar-refractivity contribution in [3.8, 4) is 5.75 Å². The molecule has 0 saturated carbocycles. The lowest BCUT2D eigenvalue weighted by Gasteiger charge is -2.02. The highest BCUT2D eigenvalue weighted by atomic mass is 35.5. The third-order valence-corrected chi connectivity index (χ3v) is 3.81. The fraction of sp³-hybridized carbons (Fsp3) is 0.176. The van der Waals surface area contributed by atoms with Crippen LogP contribution in [0.1, 0.15) is 17.0 Å². The van der Waals surface area contributed by atoms with Gasteiger partial charge >= 0.3 is 5.76 Å². The fourth-order valence-electron chi connectivity index (χ4n) is 2.23. The molecule has 3 aromatic rings. The molecule has 0 atom stereocenters. The number of rotatable bonds is 5. The first-order valence-electron chi connectivity index (χ1n) is 7.09. The first kappa shape index (κ1) is 15.4. The van der Waals surface area contributed by atoms with Gasteiger partial charge in [0.25, 0.3) is 0 Å². The summed E-state index contributed by atoms with van der Waals surface area (Å²) in [5.41, 5.74) is 1.80.